The molecule has 0 aromatic heterocycles. The van der Waals surface area contributed by atoms with Gasteiger partial charge in [0.1, 0.15) is 5.75 Å². The molecule has 1 saturated heterocycles. The Bertz CT molecular complexity index is 491. The van der Waals surface area contributed by atoms with Crippen molar-refractivity contribution in [2.45, 2.75) is 19.3 Å². The normalized spacial score (nSPS) is 19.6. The third kappa shape index (κ3) is 3.76. The molecule has 2 fully saturated rings. The van der Waals surface area contributed by atoms with E-state index in [-0.39, 0.29) is 5.91 Å². The van der Waals surface area contributed by atoms with E-state index in [4.69, 9.17) is 4.74 Å². The topological polar surface area (TPSA) is 32.8 Å². The summed E-state index contributed by atoms with van der Waals surface area (Å²) in [6, 6.07) is 7.78. The lowest BCUT2D eigenvalue weighted by atomic mass is 10.1. The number of piperazine rings is 1. The summed E-state index contributed by atoms with van der Waals surface area (Å²) >= 11 is 0. The Labute approximate surface area is 126 Å². The van der Waals surface area contributed by atoms with Crippen LogP contribution in [0.1, 0.15) is 18.4 Å². The van der Waals surface area contributed by atoms with Crippen molar-refractivity contribution < 1.29 is 9.53 Å². The fourth-order valence-corrected chi connectivity index (χ4v) is 2.97. The monoisotopic (exact) mass is 288 g/mol. The zero-order valence-electron chi connectivity index (χ0n) is 12.8. The van der Waals surface area contributed by atoms with Gasteiger partial charge in [0.2, 0.25) is 5.91 Å². The molecule has 0 spiro atoms. The molecule has 4 nitrogen and oxygen atoms in total. The SMILES string of the molecule is COc1ccccc1CC(=O)N1CCN(CC2CC2)CC1. The molecule has 0 radical (unpaired) electrons. The van der Waals surface area contributed by atoms with E-state index in [9.17, 15) is 4.79 Å². The quantitative estimate of drug-likeness (QED) is 0.828. The summed E-state index contributed by atoms with van der Waals surface area (Å²) in [5.74, 6) is 1.95. The zero-order chi connectivity index (χ0) is 14.7. The Morgan fingerprint density at radius 3 is 2.57 bits per heavy atom. The molecule has 1 aromatic carbocycles. The highest BCUT2D eigenvalue weighted by molar-refractivity contribution is 5.79. The molecular formula is C17H24N2O2. The van der Waals surface area contributed by atoms with E-state index in [0.717, 1.165) is 43.4 Å². The van der Waals surface area contributed by atoms with Gasteiger partial charge < -0.3 is 9.64 Å². The van der Waals surface area contributed by atoms with Crippen LogP contribution in [-0.2, 0) is 11.2 Å². The van der Waals surface area contributed by atoms with Gasteiger partial charge in [-0.1, -0.05) is 18.2 Å². The van der Waals surface area contributed by atoms with Gasteiger partial charge in [-0.2, -0.15) is 0 Å². The number of nitrogens with zero attached hydrogens (tertiary/aromatic N) is 2. The van der Waals surface area contributed by atoms with Crippen molar-refractivity contribution in [1.29, 1.82) is 0 Å². The highest BCUT2D eigenvalue weighted by Crippen LogP contribution is 2.30. The number of carbonyl (C=O) groups is 1. The van der Waals surface area contributed by atoms with E-state index in [1.54, 1.807) is 7.11 Å². The van der Waals surface area contributed by atoms with E-state index in [1.807, 2.05) is 29.2 Å². The number of hydrogen-bond acceptors (Lipinski definition) is 3. The standard InChI is InChI=1S/C17H24N2O2/c1-21-16-5-3-2-4-15(16)12-17(20)19-10-8-18(9-11-19)13-14-6-7-14/h2-5,14H,6-13H2,1H3. The van der Waals surface area contributed by atoms with Crippen LogP contribution in [0.3, 0.4) is 0 Å². The molecule has 0 atom stereocenters. The molecule has 3 rings (SSSR count). The maximum absolute atomic E-state index is 12.4. The van der Waals surface area contributed by atoms with Crippen LogP contribution in [-0.4, -0.2) is 55.5 Å². The van der Waals surface area contributed by atoms with Crippen molar-refractivity contribution in [2.75, 3.05) is 39.8 Å². The predicted octanol–water partition coefficient (Wildman–Crippen LogP) is 1.79. The van der Waals surface area contributed by atoms with Crippen LogP contribution < -0.4 is 4.74 Å². The van der Waals surface area contributed by atoms with E-state index in [0.29, 0.717) is 6.42 Å². The minimum absolute atomic E-state index is 0.213. The molecule has 1 aliphatic carbocycles. The van der Waals surface area contributed by atoms with E-state index in [1.165, 1.54) is 19.4 Å². The average molecular weight is 288 g/mol. The summed E-state index contributed by atoms with van der Waals surface area (Å²) in [7, 11) is 1.65. The zero-order valence-corrected chi connectivity index (χ0v) is 12.8. The minimum Gasteiger partial charge on any atom is -0.496 e. The molecular weight excluding hydrogens is 264 g/mol. The van der Waals surface area contributed by atoms with Crippen LogP contribution in [0.15, 0.2) is 24.3 Å². The van der Waals surface area contributed by atoms with Gasteiger partial charge in [-0.3, -0.25) is 9.69 Å². The van der Waals surface area contributed by atoms with E-state index < -0.39 is 0 Å². The lowest BCUT2D eigenvalue weighted by molar-refractivity contribution is -0.132. The van der Waals surface area contributed by atoms with Crippen molar-refractivity contribution in [3.8, 4) is 5.75 Å². The third-order valence-corrected chi connectivity index (χ3v) is 4.47. The maximum Gasteiger partial charge on any atom is 0.227 e. The smallest absolute Gasteiger partial charge is 0.227 e. The molecule has 21 heavy (non-hydrogen) atoms. The van der Waals surface area contributed by atoms with Crippen LogP contribution in [0.25, 0.3) is 0 Å². The van der Waals surface area contributed by atoms with Gasteiger partial charge in [0.05, 0.1) is 13.5 Å². The van der Waals surface area contributed by atoms with Crippen molar-refractivity contribution in [2.24, 2.45) is 5.92 Å². The second kappa shape index (κ2) is 6.48. The fraction of sp³-hybridized carbons (Fsp3) is 0.588. The first-order chi connectivity index (χ1) is 10.3. The molecule has 1 aromatic rings. The fourth-order valence-electron chi connectivity index (χ4n) is 2.97. The minimum atomic E-state index is 0.213. The van der Waals surface area contributed by atoms with Crippen molar-refractivity contribution in [3.63, 3.8) is 0 Å². The number of amides is 1. The predicted molar refractivity (Wildman–Crippen MR) is 82.4 cm³/mol. The van der Waals surface area contributed by atoms with Gasteiger partial charge in [-0.15, -0.1) is 0 Å². The largest absolute Gasteiger partial charge is 0.496 e. The van der Waals surface area contributed by atoms with Crippen molar-refractivity contribution >= 4 is 5.91 Å². The number of ether oxygens (including phenoxy) is 1. The first-order valence-electron chi connectivity index (χ1n) is 7.88. The molecule has 1 heterocycles. The summed E-state index contributed by atoms with van der Waals surface area (Å²) in [4.78, 5) is 16.9. The Kier molecular flexibility index (Phi) is 4.44. The van der Waals surface area contributed by atoms with Crippen LogP contribution in [0.5, 0.6) is 5.75 Å². The number of carbonyl (C=O) groups excluding carboxylic acids is 1. The maximum atomic E-state index is 12.4. The first-order valence-corrected chi connectivity index (χ1v) is 7.88. The molecule has 0 bridgehead atoms. The summed E-state index contributed by atoms with van der Waals surface area (Å²) in [6.45, 7) is 5.00. The number of methoxy groups -OCH3 is 1. The van der Waals surface area contributed by atoms with Crippen molar-refractivity contribution in [3.05, 3.63) is 29.8 Å². The lowest BCUT2D eigenvalue weighted by Gasteiger charge is -2.35. The van der Waals surface area contributed by atoms with Crippen LogP contribution in [0, 0.1) is 5.92 Å². The second-order valence-electron chi connectivity index (χ2n) is 6.11. The number of benzene rings is 1. The summed E-state index contributed by atoms with van der Waals surface area (Å²) in [5, 5.41) is 0. The molecule has 0 N–H and O–H groups in total. The van der Waals surface area contributed by atoms with Gasteiger partial charge >= 0.3 is 0 Å². The highest BCUT2D eigenvalue weighted by Gasteiger charge is 2.27. The summed E-state index contributed by atoms with van der Waals surface area (Å²) in [5.41, 5.74) is 0.977. The first kappa shape index (κ1) is 14.4. The van der Waals surface area contributed by atoms with Crippen LogP contribution in [0.2, 0.25) is 0 Å². The molecule has 4 heteroatoms. The van der Waals surface area contributed by atoms with Gasteiger partial charge in [0, 0.05) is 38.3 Å². The van der Waals surface area contributed by atoms with E-state index >= 15 is 0 Å². The van der Waals surface area contributed by atoms with Crippen LogP contribution in [0.4, 0.5) is 0 Å². The lowest BCUT2D eigenvalue weighted by Crippen LogP contribution is -2.49. The summed E-state index contributed by atoms with van der Waals surface area (Å²) in [6.07, 6.45) is 3.23. The summed E-state index contributed by atoms with van der Waals surface area (Å²) < 4.78 is 5.32. The average Bonchev–Trinajstić information content (AvgIpc) is 3.32. The van der Waals surface area contributed by atoms with Gasteiger partial charge in [-0.25, -0.2) is 0 Å². The second-order valence-corrected chi connectivity index (χ2v) is 6.11. The van der Waals surface area contributed by atoms with Gasteiger partial charge in [-0.05, 0) is 24.8 Å². The van der Waals surface area contributed by atoms with Crippen molar-refractivity contribution in [1.82, 2.24) is 9.80 Å². The van der Waals surface area contributed by atoms with Gasteiger partial charge in [0.25, 0.3) is 0 Å². The Morgan fingerprint density at radius 2 is 1.90 bits per heavy atom. The number of hydrogen-bond donors (Lipinski definition) is 0. The molecule has 1 saturated carbocycles. The molecule has 2 aliphatic rings. The van der Waals surface area contributed by atoms with E-state index in [2.05, 4.69) is 4.90 Å². The molecule has 1 aliphatic heterocycles. The molecule has 0 unspecified atom stereocenters. The molecule has 114 valence electrons. The molecule has 1 amide bonds. The number of para-hydroxylation sites is 1. The third-order valence-electron chi connectivity index (χ3n) is 4.47. The van der Waals surface area contributed by atoms with Gasteiger partial charge in [0.15, 0.2) is 0 Å². The Hall–Kier alpha value is -1.55. The Morgan fingerprint density at radius 1 is 1.19 bits per heavy atom. The number of rotatable bonds is 5. The highest BCUT2D eigenvalue weighted by atomic mass is 16.5. The van der Waals surface area contributed by atoms with Crippen LogP contribution >= 0.6 is 0 Å². The Balaban J connectivity index is 1.51.